The predicted octanol–water partition coefficient (Wildman–Crippen LogP) is 4.86. The first-order chi connectivity index (χ1) is 8.11. The van der Waals surface area contributed by atoms with Crippen LogP contribution in [0.3, 0.4) is 0 Å². The second-order valence-corrected chi connectivity index (χ2v) is 6.09. The van der Waals surface area contributed by atoms with Gasteiger partial charge in [0.15, 0.2) is 0 Å². The van der Waals surface area contributed by atoms with Gasteiger partial charge < -0.3 is 4.90 Å². The van der Waals surface area contributed by atoms with Crippen molar-refractivity contribution in [3.8, 4) is 0 Å². The number of hydrogen-bond acceptors (Lipinski definition) is 1. The van der Waals surface area contributed by atoms with Crippen molar-refractivity contribution in [2.75, 3.05) is 11.4 Å². The van der Waals surface area contributed by atoms with Crippen LogP contribution in [0, 0.1) is 5.92 Å². The summed E-state index contributed by atoms with van der Waals surface area (Å²) < 4.78 is 0. The van der Waals surface area contributed by atoms with Gasteiger partial charge in [-0.1, -0.05) is 40.5 Å². The predicted molar refractivity (Wildman–Crippen MR) is 79.3 cm³/mol. The number of alkyl halides is 1. The standard InChI is InChI=1S/C14H19BrClN/c1-10-3-4-11(2)17(9-10)14-7-13(16)6-5-12(14)8-15/h5-7,10-11H,3-4,8-9H2,1-2H3. The third kappa shape index (κ3) is 2.97. The van der Waals surface area contributed by atoms with Gasteiger partial charge in [-0.25, -0.2) is 0 Å². The number of anilines is 1. The van der Waals surface area contributed by atoms with Crippen molar-refractivity contribution >= 4 is 33.2 Å². The highest BCUT2D eigenvalue weighted by Crippen LogP contribution is 2.32. The van der Waals surface area contributed by atoms with E-state index in [1.54, 1.807) is 0 Å². The molecule has 0 spiro atoms. The largest absolute Gasteiger partial charge is 0.368 e. The fourth-order valence-corrected chi connectivity index (χ4v) is 3.18. The van der Waals surface area contributed by atoms with E-state index in [1.165, 1.54) is 24.1 Å². The SMILES string of the molecule is CC1CCC(C)N(c2cc(Cl)ccc2CBr)C1. The summed E-state index contributed by atoms with van der Waals surface area (Å²) in [6.45, 7) is 5.78. The minimum absolute atomic E-state index is 0.613. The van der Waals surface area contributed by atoms with Gasteiger partial charge in [0.05, 0.1) is 0 Å². The first-order valence-electron chi connectivity index (χ1n) is 6.23. The maximum atomic E-state index is 6.14. The highest BCUT2D eigenvalue weighted by Gasteiger charge is 2.24. The van der Waals surface area contributed by atoms with E-state index in [-0.39, 0.29) is 0 Å². The summed E-state index contributed by atoms with van der Waals surface area (Å²) in [6.07, 6.45) is 2.61. The number of piperidine rings is 1. The Morgan fingerprint density at radius 1 is 1.35 bits per heavy atom. The number of rotatable bonds is 2. The van der Waals surface area contributed by atoms with Gasteiger partial charge >= 0.3 is 0 Å². The van der Waals surface area contributed by atoms with E-state index in [2.05, 4.69) is 46.8 Å². The number of hydrogen-bond donors (Lipinski definition) is 0. The van der Waals surface area contributed by atoms with Gasteiger partial charge in [-0.05, 0) is 43.4 Å². The summed E-state index contributed by atoms with van der Waals surface area (Å²) in [5.41, 5.74) is 2.63. The van der Waals surface area contributed by atoms with Crippen molar-refractivity contribution < 1.29 is 0 Å². The molecule has 3 heteroatoms. The van der Waals surface area contributed by atoms with Crippen LogP contribution in [-0.2, 0) is 5.33 Å². The summed E-state index contributed by atoms with van der Waals surface area (Å²) in [5, 5.41) is 1.71. The Bertz CT molecular complexity index is 394. The van der Waals surface area contributed by atoms with Crippen LogP contribution in [0.1, 0.15) is 32.3 Å². The molecule has 2 rings (SSSR count). The summed E-state index contributed by atoms with van der Waals surface area (Å²) >= 11 is 9.70. The Labute approximate surface area is 117 Å². The number of halogens is 2. The van der Waals surface area contributed by atoms with Crippen LogP contribution >= 0.6 is 27.5 Å². The molecule has 0 amide bonds. The molecule has 1 saturated heterocycles. The van der Waals surface area contributed by atoms with Crippen LogP contribution in [0.5, 0.6) is 0 Å². The topological polar surface area (TPSA) is 3.24 Å². The van der Waals surface area contributed by atoms with E-state index in [0.29, 0.717) is 6.04 Å². The molecule has 2 unspecified atom stereocenters. The van der Waals surface area contributed by atoms with Crippen LogP contribution in [0.2, 0.25) is 5.02 Å². The Hall–Kier alpha value is -0.210. The lowest BCUT2D eigenvalue weighted by Gasteiger charge is -2.39. The molecule has 1 aromatic rings. The van der Waals surface area contributed by atoms with Gasteiger partial charge in [0.1, 0.15) is 0 Å². The third-order valence-corrected chi connectivity index (χ3v) is 4.46. The second kappa shape index (κ2) is 5.62. The minimum atomic E-state index is 0.613. The number of benzene rings is 1. The monoisotopic (exact) mass is 315 g/mol. The summed E-state index contributed by atoms with van der Waals surface area (Å²) in [6, 6.07) is 6.81. The van der Waals surface area contributed by atoms with Gasteiger partial charge in [0, 0.05) is 28.6 Å². The van der Waals surface area contributed by atoms with E-state index < -0.39 is 0 Å². The van der Waals surface area contributed by atoms with E-state index in [9.17, 15) is 0 Å². The quantitative estimate of drug-likeness (QED) is 0.704. The van der Waals surface area contributed by atoms with Crippen LogP contribution in [0.15, 0.2) is 18.2 Å². The van der Waals surface area contributed by atoms with Gasteiger partial charge in [-0.15, -0.1) is 0 Å². The van der Waals surface area contributed by atoms with Crippen molar-refractivity contribution in [3.63, 3.8) is 0 Å². The first-order valence-corrected chi connectivity index (χ1v) is 7.72. The van der Waals surface area contributed by atoms with Crippen molar-refractivity contribution in [1.29, 1.82) is 0 Å². The molecule has 1 aliphatic rings. The normalized spacial score (nSPS) is 25.1. The van der Waals surface area contributed by atoms with Gasteiger partial charge in [0.2, 0.25) is 0 Å². The minimum Gasteiger partial charge on any atom is -0.368 e. The zero-order chi connectivity index (χ0) is 12.4. The van der Waals surface area contributed by atoms with Crippen LogP contribution in [0.4, 0.5) is 5.69 Å². The van der Waals surface area contributed by atoms with E-state index in [1.807, 2.05) is 6.07 Å². The lowest BCUT2D eigenvalue weighted by Crippen LogP contribution is -2.41. The Morgan fingerprint density at radius 2 is 2.12 bits per heavy atom. The number of nitrogens with zero attached hydrogens (tertiary/aromatic N) is 1. The lowest BCUT2D eigenvalue weighted by molar-refractivity contribution is 0.390. The first kappa shape index (κ1) is 13.2. The van der Waals surface area contributed by atoms with Gasteiger partial charge in [-0.2, -0.15) is 0 Å². The summed E-state index contributed by atoms with van der Waals surface area (Å²) in [5.74, 6) is 0.772. The molecule has 2 atom stereocenters. The van der Waals surface area contributed by atoms with E-state index >= 15 is 0 Å². The summed E-state index contributed by atoms with van der Waals surface area (Å²) in [7, 11) is 0. The third-order valence-electron chi connectivity index (χ3n) is 3.62. The summed E-state index contributed by atoms with van der Waals surface area (Å²) in [4.78, 5) is 2.51. The Morgan fingerprint density at radius 3 is 2.82 bits per heavy atom. The van der Waals surface area contributed by atoms with Crippen LogP contribution < -0.4 is 4.90 Å². The molecule has 1 aromatic carbocycles. The molecule has 94 valence electrons. The maximum Gasteiger partial charge on any atom is 0.0426 e. The van der Waals surface area contributed by atoms with Crippen molar-refractivity contribution in [2.45, 2.75) is 38.1 Å². The van der Waals surface area contributed by atoms with Crippen molar-refractivity contribution in [2.24, 2.45) is 5.92 Å². The van der Waals surface area contributed by atoms with Crippen molar-refractivity contribution in [1.82, 2.24) is 0 Å². The van der Waals surface area contributed by atoms with Crippen LogP contribution in [-0.4, -0.2) is 12.6 Å². The van der Waals surface area contributed by atoms with E-state index in [0.717, 1.165) is 22.8 Å². The molecule has 1 aliphatic heterocycles. The zero-order valence-electron chi connectivity index (χ0n) is 10.4. The molecule has 1 nitrogen and oxygen atoms in total. The smallest absolute Gasteiger partial charge is 0.0426 e. The Balaban J connectivity index is 2.33. The van der Waals surface area contributed by atoms with Gasteiger partial charge in [-0.3, -0.25) is 0 Å². The lowest BCUT2D eigenvalue weighted by atomic mass is 9.94. The molecule has 0 radical (unpaired) electrons. The van der Waals surface area contributed by atoms with Crippen LogP contribution in [0.25, 0.3) is 0 Å². The van der Waals surface area contributed by atoms with Gasteiger partial charge in [0.25, 0.3) is 0 Å². The molecule has 17 heavy (non-hydrogen) atoms. The molecule has 1 fully saturated rings. The molecule has 1 heterocycles. The molecular formula is C14H19BrClN. The Kier molecular flexibility index (Phi) is 4.37. The van der Waals surface area contributed by atoms with E-state index in [4.69, 9.17) is 11.6 Å². The molecule has 0 bridgehead atoms. The molecule has 0 N–H and O–H groups in total. The molecule has 0 aromatic heterocycles. The average Bonchev–Trinajstić information content (AvgIpc) is 2.32. The van der Waals surface area contributed by atoms with Crippen molar-refractivity contribution in [3.05, 3.63) is 28.8 Å². The molecular weight excluding hydrogens is 298 g/mol. The molecule has 0 saturated carbocycles. The second-order valence-electron chi connectivity index (χ2n) is 5.09. The molecule has 0 aliphatic carbocycles. The highest BCUT2D eigenvalue weighted by atomic mass is 79.9. The fraction of sp³-hybridized carbons (Fsp3) is 0.571. The highest BCUT2D eigenvalue weighted by molar-refractivity contribution is 9.08. The fourth-order valence-electron chi connectivity index (χ4n) is 2.54. The zero-order valence-corrected chi connectivity index (χ0v) is 12.8. The maximum absolute atomic E-state index is 6.14. The average molecular weight is 317 g/mol.